The standard InChI is InChI=1S/C22H28N2O7S/c1-14(2)24-32(26,27)16-9-11-18(28-3)17(13-16)23-20(25)12-8-15-7-10-19(29-4)22(31-6)21(15)30-5/h7-14,24H,1-6H3,(H,23,25)/b12-8+. The molecule has 2 rings (SSSR count). The average molecular weight is 465 g/mol. The number of hydrogen-bond donors (Lipinski definition) is 2. The Bertz CT molecular complexity index is 1100. The average Bonchev–Trinajstić information content (AvgIpc) is 2.75. The maximum absolute atomic E-state index is 12.6. The van der Waals surface area contributed by atoms with Crippen molar-refractivity contribution < 1.29 is 32.2 Å². The van der Waals surface area contributed by atoms with Gasteiger partial charge in [0.1, 0.15) is 5.75 Å². The van der Waals surface area contributed by atoms with Gasteiger partial charge in [-0.25, -0.2) is 13.1 Å². The van der Waals surface area contributed by atoms with Crippen molar-refractivity contribution in [3.05, 3.63) is 42.0 Å². The normalized spacial score (nSPS) is 11.5. The fourth-order valence-electron chi connectivity index (χ4n) is 2.93. The van der Waals surface area contributed by atoms with E-state index in [2.05, 4.69) is 10.0 Å². The molecule has 0 aromatic heterocycles. The van der Waals surface area contributed by atoms with E-state index in [4.69, 9.17) is 18.9 Å². The number of methoxy groups -OCH3 is 4. The first-order chi connectivity index (χ1) is 15.2. The second kappa shape index (κ2) is 10.9. The quantitative estimate of drug-likeness (QED) is 0.520. The highest BCUT2D eigenvalue weighted by Crippen LogP contribution is 2.40. The van der Waals surface area contributed by atoms with Crippen molar-refractivity contribution in [2.75, 3.05) is 33.8 Å². The van der Waals surface area contributed by atoms with Crippen LogP contribution in [-0.4, -0.2) is 48.8 Å². The first-order valence-electron chi connectivity index (χ1n) is 9.65. The Balaban J connectivity index is 2.32. The molecule has 0 fully saturated rings. The fraction of sp³-hybridized carbons (Fsp3) is 0.318. The highest BCUT2D eigenvalue weighted by molar-refractivity contribution is 7.89. The summed E-state index contributed by atoms with van der Waals surface area (Å²) < 4.78 is 48.7. The van der Waals surface area contributed by atoms with Crippen LogP contribution in [0.25, 0.3) is 6.08 Å². The van der Waals surface area contributed by atoms with Gasteiger partial charge in [0, 0.05) is 17.7 Å². The van der Waals surface area contributed by atoms with Crippen LogP contribution in [0.15, 0.2) is 41.3 Å². The van der Waals surface area contributed by atoms with E-state index in [1.54, 1.807) is 32.1 Å². The minimum atomic E-state index is -3.74. The summed E-state index contributed by atoms with van der Waals surface area (Å²) >= 11 is 0. The van der Waals surface area contributed by atoms with E-state index < -0.39 is 15.9 Å². The molecule has 0 spiro atoms. The van der Waals surface area contributed by atoms with E-state index in [-0.39, 0.29) is 16.6 Å². The molecule has 2 N–H and O–H groups in total. The predicted molar refractivity (Wildman–Crippen MR) is 122 cm³/mol. The summed E-state index contributed by atoms with van der Waals surface area (Å²) in [5.74, 6) is 1.12. The van der Waals surface area contributed by atoms with Gasteiger partial charge in [0.25, 0.3) is 0 Å². The van der Waals surface area contributed by atoms with Gasteiger partial charge < -0.3 is 24.3 Å². The van der Waals surface area contributed by atoms with Gasteiger partial charge in [-0.15, -0.1) is 0 Å². The van der Waals surface area contributed by atoms with E-state index in [1.165, 1.54) is 52.7 Å². The number of sulfonamides is 1. The Morgan fingerprint density at radius 1 is 0.906 bits per heavy atom. The smallest absolute Gasteiger partial charge is 0.248 e. The molecule has 0 aliphatic rings. The number of carbonyl (C=O) groups excluding carboxylic acids is 1. The lowest BCUT2D eigenvalue weighted by Gasteiger charge is -2.14. The third-order valence-corrected chi connectivity index (χ3v) is 5.94. The van der Waals surface area contributed by atoms with Crippen LogP contribution in [0, 0.1) is 0 Å². The summed E-state index contributed by atoms with van der Waals surface area (Å²) in [4.78, 5) is 12.6. The van der Waals surface area contributed by atoms with Gasteiger partial charge >= 0.3 is 0 Å². The van der Waals surface area contributed by atoms with Crippen molar-refractivity contribution in [1.29, 1.82) is 0 Å². The lowest BCUT2D eigenvalue weighted by molar-refractivity contribution is -0.111. The lowest BCUT2D eigenvalue weighted by Crippen LogP contribution is -2.30. The second-order valence-electron chi connectivity index (χ2n) is 6.88. The molecule has 9 nitrogen and oxygen atoms in total. The summed E-state index contributed by atoms with van der Waals surface area (Å²) in [6, 6.07) is 7.36. The minimum absolute atomic E-state index is 0.00726. The van der Waals surface area contributed by atoms with E-state index in [1.807, 2.05) is 0 Å². The predicted octanol–water partition coefficient (Wildman–Crippen LogP) is 3.06. The zero-order chi connectivity index (χ0) is 23.9. The van der Waals surface area contributed by atoms with Crippen molar-refractivity contribution in [2.45, 2.75) is 24.8 Å². The SMILES string of the molecule is COc1ccc(S(=O)(=O)NC(C)C)cc1NC(=O)/C=C/c1ccc(OC)c(OC)c1OC. The summed E-state index contributed by atoms with van der Waals surface area (Å²) in [5, 5.41) is 2.65. The zero-order valence-electron chi connectivity index (χ0n) is 18.9. The van der Waals surface area contributed by atoms with E-state index in [0.717, 1.165) is 0 Å². The summed E-state index contributed by atoms with van der Waals surface area (Å²) in [5.41, 5.74) is 0.804. The topological polar surface area (TPSA) is 112 Å². The highest BCUT2D eigenvalue weighted by Gasteiger charge is 2.18. The van der Waals surface area contributed by atoms with Crippen molar-refractivity contribution in [3.8, 4) is 23.0 Å². The molecule has 0 atom stereocenters. The van der Waals surface area contributed by atoms with Crippen molar-refractivity contribution in [1.82, 2.24) is 4.72 Å². The molecule has 0 radical (unpaired) electrons. The van der Waals surface area contributed by atoms with Crippen LogP contribution in [0.1, 0.15) is 19.4 Å². The largest absolute Gasteiger partial charge is 0.495 e. The van der Waals surface area contributed by atoms with Crippen LogP contribution < -0.4 is 29.0 Å². The third-order valence-electron chi connectivity index (χ3n) is 4.28. The van der Waals surface area contributed by atoms with Crippen LogP contribution in [0.4, 0.5) is 5.69 Å². The molecule has 2 aromatic rings. The molecule has 32 heavy (non-hydrogen) atoms. The number of nitrogens with one attached hydrogen (secondary N) is 2. The lowest BCUT2D eigenvalue weighted by atomic mass is 10.1. The molecule has 0 unspecified atom stereocenters. The van der Waals surface area contributed by atoms with Crippen LogP contribution >= 0.6 is 0 Å². The molecule has 10 heteroatoms. The molecule has 0 bridgehead atoms. The minimum Gasteiger partial charge on any atom is -0.495 e. The number of anilines is 1. The third kappa shape index (κ3) is 5.92. The maximum Gasteiger partial charge on any atom is 0.248 e. The van der Waals surface area contributed by atoms with Crippen LogP contribution in [0.5, 0.6) is 23.0 Å². The number of ether oxygens (including phenoxy) is 4. The number of rotatable bonds is 10. The molecule has 174 valence electrons. The number of amides is 1. The molecular formula is C22H28N2O7S. The molecule has 0 saturated heterocycles. The van der Waals surface area contributed by atoms with Gasteiger partial charge in [0.15, 0.2) is 11.5 Å². The summed E-state index contributed by atoms with van der Waals surface area (Å²) in [6.45, 7) is 3.44. The van der Waals surface area contributed by atoms with Gasteiger partial charge in [0.2, 0.25) is 21.7 Å². The van der Waals surface area contributed by atoms with Gasteiger partial charge in [-0.3, -0.25) is 4.79 Å². The molecule has 0 aliphatic carbocycles. The van der Waals surface area contributed by atoms with Crippen molar-refractivity contribution >= 4 is 27.7 Å². The van der Waals surface area contributed by atoms with E-state index >= 15 is 0 Å². The Kier molecular flexibility index (Phi) is 8.50. The van der Waals surface area contributed by atoms with E-state index in [9.17, 15) is 13.2 Å². The first-order valence-corrected chi connectivity index (χ1v) is 11.1. The van der Waals surface area contributed by atoms with Crippen LogP contribution in [-0.2, 0) is 14.8 Å². The second-order valence-corrected chi connectivity index (χ2v) is 8.60. The van der Waals surface area contributed by atoms with Crippen molar-refractivity contribution in [3.63, 3.8) is 0 Å². The van der Waals surface area contributed by atoms with Gasteiger partial charge in [0.05, 0.1) is 39.0 Å². The molecular weight excluding hydrogens is 436 g/mol. The number of hydrogen-bond acceptors (Lipinski definition) is 7. The summed E-state index contributed by atoms with van der Waals surface area (Å²) in [6.07, 6.45) is 2.83. The zero-order valence-corrected chi connectivity index (χ0v) is 19.7. The summed E-state index contributed by atoms with van der Waals surface area (Å²) in [7, 11) is 2.17. The molecule has 1 amide bonds. The Morgan fingerprint density at radius 3 is 2.09 bits per heavy atom. The number of benzene rings is 2. The fourth-order valence-corrected chi connectivity index (χ4v) is 4.20. The number of carbonyl (C=O) groups is 1. The van der Waals surface area contributed by atoms with E-state index in [0.29, 0.717) is 28.6 Å². The van der Waals surface area contributed by atoms with Gasteiger partial charge in [-0.1, -0.05) is 0 Å². The molecule has 2 aromatic carbocycles. The molecule has 0 saturated carbocycles. The van der Waals surface area contributed by atoms with Crippen LogP contribution in [0.2, 0.25) is 0 Å². The van der Waals surface area contributed by atoms with Gasteiger partial charge in [-0.05, 0) is 50.3 Å². The Morgan fingerprint density at radius 2 is 1.53 bits per heavy atom. The Hall–Kier alpha value is -3.24. The van der Waals surface area contributed by atoms with Gasteiger partial charge in [-0.2, -0.15) is 0 Å². The monoisotopic (exact) mass is 464 g/mol. The first kappa shape index (κ1) is 25.0. The Labute approximate surface area is 188 Å². The van der Waals surface area contributed by atoms with Crippen LogP contribution in [0.3, 0.4) is 0 Å². The van der Waals surface area contributed by atoms with Crippen molar-refractivity contribution in [2.24, 2.45) is 0 Å². The maximum atomic E-state index is 12.6. The highest BCUT2D eigenvalue weighted by atomic mass is 32.2. The molecule has 0 heterocycles. The molecule has 0 aliphatic heterocycles.